The molecule has 3 aromatic carbocycles. The summed E-state index contributed by atoms with van der Waals surface area (Å²) in [4.78, 5) is 0. The molecule has 0 aliphatic heterocycles. The zero-order valence-corrected chi connectivity index (χ0v) is 20.0. The normalized spacial score (nSPS) is 12.0. The first kappa shape index (κ1) is 23.4. The van der Waals surface area contributed by atoms with Gasteiger partial charge in [0, 0.05) is 0 Å². The summed E-state index contributed by atoms with van der Waals surface area (Å²) in [5.74, 6) is 0. The van der Waals surface area contributed by atoms with Gasteiger partial charge in [0.15, 0.2) is 0 Å². The Labute approximate surface area is 191 Å². The summed E-state index contributed by atoms with van der Waals surface area (Å²) >= 11 is 0. The monoisotopic (exact) mass is 410 g/mol. The van der Waals surface area contributed by atoms with Crippen LogP contribution in [0, 0.1) is 0 Å². The van der Waals surface area contributed by atoms with Crippen LogP contribution in [0.15, 0.2) is 91.0 Å². The molecule has 0 aliphatic rings. The average Bonchev–Trinajstić information content (AvgIpc) is 2.86. The van der Waals surface area contributed by atoms with Gasteiger partial charge >= 0.3 is 0 Å². The molecule has 0 heterocycles. The minimum atomic E-state index is 0.243. The number of hydrogen-bond acceptors (Lipinski definition) is 0. The van der Waals surface area contributed by atoms with Crippen molar-refractivity contribution in [3.63, 3.8) is 0 Å². The molecule has 1 heteroatoms. The lowest BCUT2D eigenvalue weighted by atomic mass is 9.25. The zero-order valence-electron chi connectivity index (χ0n) is 20.0. The summed E-state index contributed by atoms with van der Waals surface area (Å²) in [5, 5.41) is 0.243. The van der Waals surface area contributed by atoms with E-state index in [2.05, 4.69) is 119 Å². The molecule has 3 rings (SSSR count). The molecule has 0 N–H and O–H groups in total. The van der Waals surface area contributed by atoms with Gasteiger partial charge in [0.1, 0.15) is 0 Å². The molecule has 0 radical (unpaired) electrons. The molecule has 0 saturated heterocycles. The number of rotatable bonds is 11. The Balaban J connectivity index is 2.02. The van der Waals surface area contributed by atoms with Crippen molar-refractivity contribution >= 4 is 17.6 Å². The second kappa shape index (κ2) is 10.8. The van der Waals surface area contributed by atoms with Crippen LogP contribution in [0.3, 0.4) is 0 Å². The van der Waals surface area contributed by atoms with Gasteiger partial charge < -0.3 is 0 Å². The molecule has 0 unspecified atom stereocenters. The molecule has 0 nitrogen and oxygen atoms in total. The summed E-state index contributed by atoms with van der Waals surface area (Å²) in [7, 11) is 0. The molecule has 3 aromatic rings. The van der Waals surface area contributed by atoms with Crippen LogP contribution in [0.1, 0.15) is 71.8 Å². The fourth-order valence-corrected chi connectivity index (χ4v) is 5.78. The molecular formula is C30H39B. The summed E-state index contributed by atoms with van der Waals surface area (Å²) in [5.41, 5.74) is 4.68. The Morgan fingerprint density at radius 3 is 1.32 bits per heavy atom. The van der Waals surface area contributed by atoms with Gasteiger partial charge in [0.25, 0.3) is 0 Å². The second-order valence-corrected chi connectivity index (χ2v) is 9.18. The van der Waals surface area contributed by atoms with Crippen LogP contribution < -0.4 is 10.9 Å². The van der Waals surface area contributed by atoms with E-state index in [1.165, 1.54) is 55.0 Å². The van der Waals surface area contributed by atoms with E-state index >= 15 is 0 Å². The van der Waals surface area contributed by atoms with E-state index in [0.29, 0.717) is 6.71 Å². The first-order valence-corrected chi connectivity index (χ1v) is 12.3. The Hall–Kier alpha value is -2.28. The molecule has 0 atom stereocenters. The van der Waals surface area contributed by atoms with Crippen molar-refractivity contribution in [1.82, 2.24) is 0 Å². The van der Waals surface area contributed by atoms with Gasteiger partial charge in [-0.3, -0.25) is 0 Å². The smallest absolute Gasteiger partial charge is 0.0736 e. The molecule has 0 saturated carbocycles. The van der Waals surface area contributed by atoms with Crippen LogP contribution in [0.2, 0.25) is 5.31 Å². The summed E-state index contributed by atoms with van der Waals surface area (Å²) in [6, 6.07) is 33.7. The van der Waals surface area contributed by atoms with Crippen molar-refractivity contribution in [2.24, 2.45) is 0 Å². The highest BCUT2D eigenvalue weighted by atomic mass is 14.4. The molecule has 0 fully saturated rings. The Morgan fingerprint density at radius 1 is 0.516 bits per heavy atom. The first-order valence-electron chi connectivity index (χ1n) is 12.3. The molecular weight excluding hydrogens is 371 g/mol. The van der Waals surface area contributed by atoms with Crippen molar-refractivity contribution in [2.75, 3.05) is 0 Å². The minimum absolute atomic E-state index is 0.243. The maximum absolute atomic E-state index is 2.41. The third-order valence-electron chi connectivity index (χ3n) is 8.13. The highest BCUT2D eigenvalue weighted by Gasteiger charge is 2.42. The van der Waals surface area contributed by atoms with Crippen LogP contribution in [0.5, 0.6) is 0 Å². The van der Waals surface area contributed by atoms with Crippen molar-refractivity contribution < 1.29 is 0 Å². The van der Waals surface area contributed by atoms with E-state index in [9.17, 15) is 0 Å². The Morgan fingerprint density at radius 2 is 0.935 bits per heavy atom. The van der Waals surface area contributed by atoms with Gasteiger partial charge in [-0.2, -0.15) is 0 Å². The van der Waals surface area contributed by atoms with E-state index < -0.39 is 0 Å². The Kier molecular flexibility index (Phi) is 8.18. The van der Waals surface area contributed by atoms with E-state index in [1.54, 1.807) is 0 Å². The summed E-state index contributed by atoms with van der Waals surface area (Å²) in [6.07, 6.45) is 7.25. The maximum atomic E-state index is 2.41. The van der Waals surface area contributed by atoms with Crippen molar-refractivity contribution in [3.8, 4) is 0 Å². The summed E-state index contributed by atoms with van der Waals surface area (Å²) < 4.78 is 0. The SMILES string of the molecule is CCC(CC)(CCC(CC)(CC)c1ccccc1)B(c1ccccc1)c1ccccc1. The third-order valence-corrected chi connectivity index (χ3v) is 8.13. The van der Waals surface area contributed by atoms with Crippen molar-refractivity contribution in [3.05, 3.63) is 96.6 Å². The highest BCUT2D eigenvalue weighted by Crippen LogP contribution is 2.47. The fraction of sp³-hybridized carbons (Fsp3) is 0.400. The largest absolute Gasteiger partial charge is 0.215 e. The van der Waals surface area contributed by atoms with Crippen molar-refractivity contribution in [1.29, 1.82) is 0 Å². The molecule has 31 heavy (non-hydrogen) atoms. The molecule has 0 spiro atoms. The molecule has 0 amide bonds. The third kappa shape index (κ3) is 4.98. The average molecular weight is 410 g/mol. The fourth-order valence-electron chi connectivity index (χ4n) is 5.78. The molecule has 162 valence electrons. The van der Waals surface area contributed by atoms with Crippen LogP contribution in [-0.2, 0) is 5.41 Å². The zero-order chi connectivity index (χ0) is 22.2. The van der Waals surface area contributed by atoms with Crippen LogP contribution in [-0.4, -0.2) is 6.71 Å². The Bertz CT molecular complexity index is 838. The van der Waals surface area contributed by atoms with Gasteiger partial charge in [-0.15, -0.1) is 0 Å². The maximum Gasteiger partial charge on any atom is 0.215 e. The topological polar surface area (TPSA) is 0 Å². The van der Waals surface area contributed by atoms with E-state index in [4.69, 9.17) is 0 Å². The molecule has 0 aromatic heterocycles. The van der Waals surface area contributed by atoms with E-state index in [0.717, 1.165) is 0 Å². The standard InChI is InChI=1S/C30H39B/c1-5-29(6-2,26-18-12-9-13-19-26)24-25-30(7-3,8-4)31(27-20-14-10-15-21-27)28-22-16-11-17-23-28/h9-23H,5-8,24-25H2,1-4H3. The molecule has 0 bridgehead atoms. The van der Waals surface area contributed by atoms with Crippen LogP contribution in [0.25, 0.3) is 0 Å². The van der Waals surface area contributed by atoms with Crippen LogP contribution in [0.4, 0.5) is 0 Å². The van der Waals surface area contributed by atoms with Gasteiger partial charge in [0.05, 0.1) is 0 Å². The predicted octanol–water partition coefficient (Wildman–Crippen LogP) is 7.39. The lowest BCUT2D eigenvalue weighted by Gasteiger charge is -2.42. The quantitative estimate of drug-likeness (QED) is 0.289. The van der Waals surface area contributed by atoms with Crippen LogP contribution >= 0.6 is 0 Å². The highest BCUT2D eigenvalue weighted by molar-refractivity contribution is 6.87. The predicted molar refractivity (Wildman–Crippen MR) is 139 cm³/mol. The number of benzene rings is 3. The van der Waals surface area contributed by atoms with Gasteiger partial charge in [-0.1, -0.05) is 149 Å². The number of hydrogen-bond donors (Lipinski definition) is 0. The van der Waals surface area contributed by atoms with Gasteiger partial charge in [-0.25, -0.2) is 0 Å². The lowest BCUT2D eigenvalue weighted by Crippen LogP contribution is -2.52. The lowest BCUT2D eigenvalue weighted by molar-refractivity contribution is 0.316. The van der Waals surface area contributed by atoms with Crippen molar-refractivity contribution in [2.45, 2.75) is 76.9 Å². The van der Waals surface area contributed by atoms with E-state index in [-0.39, 0.29) is 10.7 Å². The second-order valence-electron chi connectivity index (χ2n) is 9.18. The van der Waals surface area contributed by atoms with Gasteiger partial charge in [0.2, 0.25) is 6.71 Å². The minimum Gasteiger partial charge on any atom is -0.0736 e. The molecule has 0 aliphatic carbocycles. The van der Waals surface area contributed by atoms with Gasteiger partial charge in [-0.05, 0) is 35.6 Å². The van der Waals surface area contributed by atoms with E-state index in [1.807, 2.05) is 0 Å². The first-order chi connectivity index (χ1) is 15.1. The summed E-state index contributed by atoms with van der Waals surface area (Å²) in [6.45, 7) is 9.99.